The second-order valence-corrected chi connectivity index (χ2v) is 4.46. The molecule has 3 nitrogen and oxygen atoms in total. The average molecular weight is 268 g/mol. The van der Waals surface area contributed by atoms with Gasteiger partial charge in [0.2, 0.25) is 0 Å². The third-order valence-corrected chi connectivity index (χ3v) is 2.80. The number of benzene rings is 1. The van der Waals surface area contributed by atoms with E-state index >= 15 is 0 Å². The fourth-order valence-electron chi connectivity index (χ4n) is 1.50. The molecule has 0 atom stereocenters. The second kappa shape index (κ2) is 4.82. The maximum absolute atomic E-state index is 6.10. The van der Waals surface area contributed by atoms with Crippen molar-refractivity contribution >= 4 is 40.4 Å². The van der Waals surface area contributed by atoms with Crippen molar-refractivity contribution in [1.29, 1.82) is 0 Å². The van der Waals surface area contributed by atoms with Gasteiger partial charge in [-0.3, -0.25) is 0 Å². The summed E-state index contributed by atoms with van der Waals surface area (Å²) in [5.74, 6) is 0.575. The van der Waals surface area contributed by atoms with Crippen molar-refractivity contribution < 1.29 is 0 Å². The van der Waals surface area contributed by atoms with E-state index in [-0.39, 0.29) is 0 Å². The molecule has 0 radical (unpaired) electrons. The Morgan fingerprint density at radius 1 is 1.24 bits per heavy atom. The van der Waals surface area contributed by atoms with Gasteiger partial charge in [-0.25, -0.2) is 4.98 Å². The summed E-state index contributed by atoms with van der Waals surface area (Å²) in [6.45, 7) is 1.96. The molecule has 1 aromatic heterocycles. The molecule has 0 aliphatic carbocycles. The van der Waals surface area contributed by atoms with E-state index in [4.69, 9.17) is 28.9 Å². The third-order valence-electron chi connectivity index (χ3n) is 2.29. The number of nitrogens with two attached hydrogens (primary N) is 1. The summed E-state index contributed by atoms with van der Waals surface area (Å²) < 4.78 is 0. The number of pyridine rings is 1. The van der Waals surface area contributed by atoms with E-state index in [1.165, 1.54) is 0 Å². The zero-order valence-electron chi connectivity index (χ0n) is 9.17. The summed E-state index contributed by atoms with van der Waals surface area (Å²) in [7, 11) is 0. The number of aryl methyl sites for hydroxylation is 1. The highest BCUT2D eigenvalue weighted by Gasteiger charge is 2.05. The Morgan fingerprint density at radius 2 is 2.00 bits per heavy atom. The van der Waals surface area contributed by atoms with E-state index in [0.29, 0.717) is 21.7 Å². The summed E-state index contributed by atoms with van der Waals surface area (Å²) in [6.07, 6.45) is 0. The summed E-state index contributed by atoms with van der Waals surface area (Å²) in [6, 6.07) is 8.95. The van der Waals surface area contributed by atoms with Crippen LogP contribution in [0.4, 0.5) is 17.2 Å². The molecule has 2 aromatic rings. The molecule has 0 aliphatic heterocycles. The van der Waals surface area contributed by atoms with Crippen LogP contribution in [-0.4, -0.2) is 4.98 Å². The number of anilines is 3. The molecule has 0 fully saturated rings. The zero-order valence-corrected chi connectivity index (χ0v) is 10.7. The molecule has 2 rings (SSSR count). The molecule has 3 N–H and O–H groups in total. The average Bonchev–Trinajstić information content (AvgIpc) is 2.22. The first-order valence-corrected chi connectivity index (χ1v) is 5.77. The number of hydrogen-bond donors (Lipinski definition) is 2. The molecule has 5 heteroatoms. The van der Waals surface area contributed by atoms with E-state index in [9.17, 15) is 0 Å². The van der Waals surface area contributed by atoms with Crippen LogP contribution in [0.2, 0.25) is 10.2 Å². The first kappa shape index (κ1) is 12.0. The first-order valence-electron chi connectivity index (χ1n) is 5.01. The number of hydrogen-bond acceptors (Lipinski definition) is 3. The molecule has 0 aliphatic rings. The van der Waals surface area contributed by atoms with Gasteiger partial charge in [0.1, 0.15) is 11.0 Å². The van der Waals surface area contributed by atoms with Crippen LogP contribution >= 0.6 is 23.2 Å². The van der Waals surface area contributed by atoms with E-state index in [0.717, 1.165) is 11.3 Å². The Kier molecular flexibility index (Phi) is 3.41. The van der Waals surface area contributed by atoms with Crippen LogP contribution < -0.4 is 11.1 Å². The Morgan fingerprint density at radius 3 is 2.65 bits per heavy atom. The summed E-state index contributed by atoms with van der Waals surface area (Å²) in [5.41, 5.74) is 8.08. The zero-order chi connectivity index (χ0) is 12.4. The molecule has 88 valence electrons. The lowest BCUT2D eigenvalue weighted by Crippen LogP contribution is -1.98. The summed E-state index contributed by atoms with van der Waals surface area (Å²) >= 11 is 11.9. The van der Waals surface area contributed by atoms with E-state index in [1.807, 2.05) is 25.1 Å². The number of nitrogen functional groups attached to an aromatic ring is 1. The van der Waals surface area contributed by atoms with Gasteiger partial charge in [0.05, 0.1) is 10.7 Å². The molecule has 0 saturated carbocycles. The number of para-hydroxylation sites is 1. The van der Waals surface area contributed by atoms with Gasteiger partial charge < -0.3 is 11.1 Å². The van der Waals surface area contributed by atoms with Gasteiger partial charge in [-0.1, -0.05) is 35.3 Å². The molecule has 0 saturated heterocycles. The maximum atomic E-state index is 6.10. The number of nitrogens with zero attached hydrogens (tertiary/aromatic N) is 1. The van der Waals surface area contributed by atoms with Gasteiger partial charge in [0.15, 0.2) is 0 Å². The van der Waals surface area contributed by atoms with Crippen LogP contribution in [0.1, 0.15) is 5.56 Å². The minimum atomic E-state index is 0.345. The van der Waals surface area contributed by atoms with E-state index in [1.54, 1.807) is 12.1 Å². The standard InChI is InChI=1S/C12H11Cl2N3/c1-7-3-2-4-9(13)12(7)17-11-6-8(15)5-10(14)16-11/h2-6H,1H3,(H3,15,16,17). The van der Waals surface area contributed by atoms with E-state index < -0.39 is 0 Å². The lowest BCUT2D eigenvalue weighted by Gasteiger charge is -2.11. The SMILES string of the molecule is Cc1cccc(Cl)c1Nc1cc(N)cc(Cl)n1. The van der Waals surface area contributed by atoms with Gasteiger partial charge in [-0.15, -0.1) is 0 Å². The minimum absolute atomic E-state index is 0.345. The van der Waals surface area contributed by atoms with Crippen molar-refractivity contribution in [2.75, 3.05) is 11.1 Å². The quantitative estimate of drug-likeness (QED) is 0.808. The van der Waals surface area contributed by atoms with Crippen LogP contribution in [0.25, 0.3) is 0 Å². The van der Waals surface area contributed by atoms with Crippen molar-refractivity contribution in [3.63, 3.8) is 0 Å². The van der Waals surface area contributed by atoms with Crippen molar-refractivity contribution in [1.82, 2.24) is 4.98 Å². The van der Waals surface area contributed by atoms with Crippen molar-refractivity contribution in [3.05, 3.63) is 46.1 Å². The van der Waals surface area contributed by atoms with Gasteiger partial charge in [-0.2, -0.15) is 0 Å². The molecular formula is C12H11Cl2N3. The molecule has 1 aromatic carbocycles. The lowest BCUT2D eigenvalue weighted by atomic mass is 10.2. The summed E-state index contributed by atoms with van der Waals surface area (Å²) in [5, 5.41) is 4.09. The fourth-order valence-corrected chi connectivity index (χ4v) is 1.99. The van der Waals surface area contributed by atoms with Gasteiger partial charge >= 0.3 is 0 Å². The van der Waals surface area contributed by atoms with Gasteiger partial charge in [-0.05, 0) is 24.6 Å². The van der Waals surface area contributed by atoms with Crippen LogP contribution in [0, 0.1) is 6.92 Å². The number of nitrogens with one attached hydrogen (secondary N) is 1. The van der Waals surface area contributed by atoms with Gasteiger partial charge in [0, 0.05) is 11.8 Å². The highest BCUT2D eigenvalue weighted by molar-refractivity contribution is 6.33. The van der Waals surface area contributed by atoms with Crippen molar-refractivity contribution in [2.45, 2.75) is 6.92 Å². The second-order valence-electron chi connectivity index (χ2n) is 3.67. The minimum Gasteiger partial charge on any atom is -0.399 e. The Balaban J connectivity index is 2.38. The van der Waals surface area contributed by atoms with Gasteiger partial charge in [0.25, 0.3) is 0 Å². The molecule has 17 heavy (non-hydrogen) atoms. The predicted molar refractivity (Wildman–Crippen MR) is 73.1 cm³/mol. The van der Waals surface area contributed by atoms with Crippen LogP contribution in [0.5, 0.6) is 0 Å². The molecule has 0 bridgehead atoms. The Labute approximate surface area is 110 Å². The maximum Gasteiger partial charge on any atom is 0.134 e. The lowest BCUT2D eigenvalue weighted by molar-refractivity contribution is 1.30. The van der Waals surface area contributed by atoms with Crippen LogP contribution in [-0.2, 0) is 0 Å². The largest absolute Gasteiger partial charge is 0.399 e. The Bertz CT molecular complexity index is 515. The monoisotopic (exact) mass is 267 g/mol. The number of aromatic nitrogens is 1. The molecule has 0 unspecified atom stereocenters. The highest BCUT2D eigenvalue weighted by atomic mass is 35.5. The van der Waals surface area contributed by atoms with Crippen LogP contribution in [0.15, 0.2) is 30.3 Å². The molecule has 0 spiro atoms. The van der Waals surface area contributed by atoms with Crippen molar-refractivity contribution in [3.8, 4) is 0 Å². The molecular weight excluding hydrogens is 257 g/mol. The molecule has 0 amide bonds. The predicted octanol–water partition coefficient (Wildman–Crippen LogP) is 4.02. The Hall–Kier alpha value is -1.45. The molecule has 1 heterocycles. The van der Waals surface area contributed by atoms with Crippen LogP contribution in [0.3, 0.4) is 0 Å². The highest BCUT2D eigenvalue weighted by Crippen LogP contribution is 2.29. The number of halogens is 2. The summed E-state index contributed by atoms with van der Waals surface area (Å²) in [4.78, 5) is 4.13. The smallest absolute Gasteiger partial charge is 0.134 e. The third kappa shape index (κ3) is 2.81. The number of rotatable bonds is 2. The first-order chi connectivity index (χ1) is 8.06. The normalized spacial score (nSPS) is 10.3. The topological polar surface area (TPSA) is 50.9 Å². The van der Waals surface area contributed by atoms with E-state index in [2.05, 4.69) is 10.3 Å². The van der Waals surface area contributed by atoms with Crippen molar-refractivity contribution in [2.24, 2.45) is 0 Å². The fraction of sp³-hybridized carbons (Fsp3) is 0.0833.